The van der Waals surface area contributed by atoms with E-state index in [0.717, 1.165) is 5.56 Å². The molecular weight excluding hydrogens is 301 g/mol. The van der Waals surface area contributed by atoms with Gasteiger partial charge in [0.2, 0.25) is 6.79 Å². The summed E-state index contributed by atoms with van der Waals surface area (Å²) in [6, 6.07) is 11.3. The molecule has 5 nitrogen and oxygen atoms in total. The highest BCUT2D eigenvalue weighted by atomic mass is 19.1. The molecule has 2 aromatic carbocycles. The number of anilines is 1. The van der Waals surface area contributed by atoms with E-state index in [1.807, 2.05) is 12.1 Å². The van der Waals surface area contributed by atoms with Gasteiger partial charge in [0.25, 0.3) is 5.91 Å². The van der Waals surface area contributed by atoms with Crippen LogP contribution in [0.2, 0.25) is 0 Å². The highest BCUT2D eigenvalue weighted by molar-refractivity contribution is 5.94. The smallest absolute Gasteiger partial charge is 0.253 e. The molecule has 0 unspecified atom stereocenters. The van der Waals surface area contributed by atoms with E-state index in [4.69, 9.17) is 14.2 Å². The fraction of sp³-hybridized carbons (Fsp3) is 0.235. The average Bonchev–Trinajstić information content (AvgIpc) is 3.01. The highest BCUT2D eigenvalue weighted by Gasteiger charge is 2.19. The lowest BCUT2D eigenvalue weighted by Gasteiger charge is -2.23. The number of methoxy groups -OCH3 is 1. The molecule has 0 aliphatic carbocycles. The number of rotatable bonds is 5. The van der Waals surface area contributed by atoms with Crippen LogP contribution < -0.4 is 14.4 Å². The van der Waals surface area contributed by atoms with Crippen LogP contribution in [0.15, 0.2) is 42.5 Å². The Labute approximate surface area is 133 Å². The zero-order valence-corrected chi connectivity index (χ0v) is 12.6. The van der Waals surface area contributed by atoms with E-state index < -0.39 is 0 Å². The van der Waals surface area contributed by atoms with E-state index in [1.165, 1.54) is 19.2 Å². The Morgan fingerprint density at radius 1 is 1.17 bits per heavy atom. The standard InChI is InChI=1S/C17H16FNO4/c1-21-10-17(20)19(14-5-3-13(18)4-6-14)9-12-2-7-15-16(8-12)23-11-22-15/h2-8H,9-11H2,1H3. The maximum atomic E-state index is 13.1. The number of ether oxygens (including phenoxy) is 3. The third-order valence-corrected chi connectivity index (χ3v) is 3.48. The molecule has 0 aromatic heterocycles. The van der Waals surface area contributed by atoms with Crippen molar-refractivity contribution < 1.29 is 23.4 Å². The number of nitrogens with zero attached hydrogens (tertiary/aromatic N) is 1. The van der Waals surface area contributed by atoms with Crippen LogP contribution in [0.25, 0.3) is 0 Å². The number of carbonyl (C=O) groups excluding carboxylic acids is 1. The number of carbonyl (C=O) groups is 1. The Kier molecular flexibility index (Phi) is 4.43. The first kappa shape index (κ1) is 15.3. The van der Waals surface area contributed by atoms with E-state index in [2.05, 4.69) is 0 Å². The van der Waals surface area contributed by atoms with Crippen molar-refractivity contribution >= 4 is 11.6 Å². The van der Waals surface area contributed by atoms with E-state index in [0.29, 0.717) is 23.7 Å². The third kappa shape index (κ3) is 3.43. The molecule has 120 valence electrons. The molecule has 0 N–H and O–H groups in total. The van der Waals surface area contributed by atoms with Crippen molar-refractivity contribution in [3.8, 4) is 11.5 Å². The molecule has 0 fully saturated rings. The summed E-state index contributed by atoms with van der Waals surface area (Å²) in [6.45, 7) is 0.468. The number of fused-ring (bicyclic) bond motifs is 1. The van der Waals surface area contributed by atoms with Crippen molar-refractivity contribution in [3.63, 3.8) is 0 Å². The van der Waals surface area contributed by atoms with Crippen LogP contribution in [0, 0.1) is 5.82 Å². The van der Waals surface area contributed by atoms with Gasteiger partial charge in [-0.05, 0) is 42.0 Å². The number of halogens is 1. The van der Waals surface area contributed by atoms with Crippen molar-refractivity contribution in [1.82, 2.24) is 0 Å². The fourth-order valence-corrected chi connectivity index (χ4v) is 2.37. The van der Waals surface area contributed by atoms with E-state index in [9.17, 15) is 9.18 Å². The van der Waals surface area contributed by atoms with Gasteiger partial charge in [0.15, 0.2) is 11.5 Å². The molecule has 0 atom stereocenters. The first-order valence-electron chi connectivity index (χ1n) is 7.11. The van der Waals surface area contributed by atoms with Crippen LogP contribution in [0.5, 0.6) is 11.5 Å². The normalized spacial score (nSPS) is 12.3. The lowest BCUT2D eigenvalue weighted by Crippen LogP contribution is -2.33. The van der Waals surface area contributed by atoms with Gasteiger partial charge in [-0.1, -0.05) is 6.07 Å². The molecule has 1 aliphatic heterocycles. The summed E-state index contributed by atoms with van der Waals surface area (Å²) in [7, 11) is 1.46. The summed E-state index contributed by atoms with van der Waals surface area (Å²) in [5.74, 6) is 0.777. The minimum Gasteiger partial charge on any atom is -0.454 e. The fourth-order valence-electron chi connectivity index (χ4n) is 2.37. The van der Waals surface area contributed by atoms with Gasteiger partial charge in [-0.2, -0.15) is 0 Å². The minimum atomic E-state index is -0.351. The van der Waals surface area contributed by atoms with Gasteiger partial charge in [0.05, 0.1) is 6.54 Å². The molecule has 0 saturated carbocycles. The molecule has 0 radical (unpaired) electrons. The van der Waals surface area contributed by atoms with Gasteiger partial charge < -0.3 is 19.1 Å². The maximum absolute atomic E-state index is 13.1. The first-order chi connectivity index (χ1) is 11.2. The van der Waals surface area contributed by atoms with Crippen LogP contribution in [-0.2, 0) is 16.1 Å². The molecule has 23 heavy (non-hydrogen) atoms. The summed E-state index contributed by atoms with van der Waals surface area (Å²) >= 11 is 0. The van der Waals surface area contributed by atoms with Crippen LogP contribution in [0.1, 0.15) is 5.56 Å². The molecule has 0 spiro atoms. The summed E-state index contributed by atoms with van der Waals surface area (Å²) in [4.78, 5) is 13.9. The molecular formula is C17H16FNO4. The highest BCUT2D eigenvalue weighted by Crippen LogP contribution is 2.33. The summed E-state index contributed by atoms with van der Waals surface area (Å²) in [6.07, 6.45) is 0. The first-order valence-corrected chi connectivity index (χ1v) is 7.11. The Morgan fingerprint density at radius 3 is 2.65 bits per heavy atom. The SMILES string of the molecule is COCC(=O)N(Cc1ccc2c(c1)OCO2)c1ccc(F)cc1. The summed E-state index contributed by atoms with van der Waals surface area (Å²) in [5, 5.41) is 0. The second-order valence-corrected chi connectivity index (χ2v) is 5.08. The second-order valence-electron chi connectivity index (χ2n) is 5.08. The number of benzene rings is 2. The Balaban J connectivity index is 1.86. The largest absolute Gasteiger partial charge is 0.454 e. The van der Waals surface area contributed by atoms with Gasteiger partial charge in [0, 0.05) is 12.8 Å². The monoisotopic (exact) mass is 317 g/mol. The summed E-state index contributed by atoms with van der Waals surface area (Å²) in [5.41, 5.74) is 1.48. The van der Waals surface area contributed by atoms with Crippen molar-refractivity contribution in [2.45, 2.75) is 6.54 Å². The van der Waals surface area contributed by atoms with Gasteiger partial charge in [0.1, 0.15) is 12.4 Å². The second kappa shape index (κ2) is 6.66. The van der Waals surface area contributed by atoms with Crippen molar-refractivity contribution in [3.05, 3.63) is 53.8 Å². The van der Waals surface area contributed by atoms with Crippen molar-refractivity contribution in [2.24, 2.45) is 0 Å². The lowest BCUT2D eigenvalue weighted by atomic mass is 10.1. The molecule has 6 heteroatoms. The van der Waals surface area contributed by atoms with Crippen molar-refractivity contribution in [2.75, 3.05) is 25.4 Å². The van der Waals surface area contributed by atoms with Crippen LogP contribution >= 0.6 is 0 Å². The zero-order valence-electron chi connectivity index (χ0n) is 12.6. The van der Waals surface area contributed by atoms with Gasteiger partial charge >= 0.3 is 0 Å². The zero-order chi connectivity index (χ0) is 16.2. The Bertz CT molecular complexity index is 702. The molecule has 1 aliphatic rings. The number of hydrogen-bond acceptors (Lipinski definition) is 4. The van der Waals surface area contributed by atoms with Crippen molar-refractivity contribution in [1.29, 1.82) is 0 Å². The van der Waals surface area contributed by atoms with Gasteiger partial charge in [-0.15, -0.1) is 0 Å². The maximum Gasteiger partial charge on any atom is 0.253 e. The topological polar surface area (TPSA) is 48.0 Å². The molecule has 2 aromatic rings. The minimum absolute atomic E-state index is 0.0536. The molecule has 1 heterocycles. The number of amides is 1. The van der Waals surface area contributed by atoms with Gasteiger partial charge in [-0.3, -0.25) is 4.79 Å². The molecule has 3 rings (SSSR count). The molecule has 0 saturated heterocycles. The number of hydrogen-bond donors (Lipinski definition) is 0. The Hall–Kier alpha value is -2.60. The summed E-state index contributed by atoms with van der Waals surface area (Å²) < 4.78 is 28.7. The quantitative estimate of drug-likeness (QED) is 0.851. The van der Waals surface area contributed by atoms with Gasteiger partial charge in [-0.25, -0.2) is 4.39 Å². The van der Waals surface area contributed by atoms with E-state index in [1.54, 1.807) is 23.1 Å². The van der Waals surface area contributed by atoms with Crippen LogP contribution in [0.4, 0.5) is 10.1 Å². The lowest BCUT2D eigenvalue weighted by molar-refractivity contribution is -0.122. The average molecular weight is 317 g/mol. The molecule has 1 amide bonds. The van der Waals surface area contributed by atoms with Crippen LogP contribution in [0.3, 0.4) is 0 Å². The predicted molar refractivity (Wildman–Crippen MR) is 82.0 cm³/mol. The van der Waals surface area contributed by atoms with E-state index in [-0.39, 0.29) is 25.1 Å². The molecule has 0 bridgehead atoms. The third-order valence-electron chi connectivity index (χ3n) is 3.48. The Morgan fingerprint density at radius 2 is 1.91 bits per heavy atom. The van der Waals surface area contributed by atoms with Crippen LogP contribution in [-0.4, -0.2) is 26.4 Å². The van der Waals surface area contributed by atoms with E-state index >= 15 is 0 Å². The predicted octanol–water partition coefficient (Wildman–Crippen LogP) is 2.73.